The van der Waals surface area contributed by atoms with Gasteiger partial charge in [-0.05, 0) is 104 Å². The molecule has 11 heteroatoms. The van der Waals surface area contributed by atoms with Gasteiger partial charge < -0.3 is 39.3 Å². The number of aliphatic hydroxyl groups excluding tert-OH is 3. The van der Waals surface area contributed by atoms with Crippen LogP contribution in [-0.4, -0.2) is 138 Å². The third kappa shape index (κ3) is 13.3. The Balaban J connectivity index is 1.68. The van der Waals surface area contributed by atoms with Crippen molar-refractivity contribution in [3.05, 3.63) is 59.7 Å². The van der Waals surface area contributed by atoms with E-state index in [9.17, 15) is 24.9 Å². The molecule has 0 aliphatic carbocycles. The molecule has 0 bridgehead atoms. The zero-order valence-corrected chi connectivity index (χ0v) is 35.5. The highest BCUT2D eigenvalue weighted by Gasteiger charge is 2.47. The van der Waals surface area contributed by atoms with Crippen LogP contribution < -0.4 is 0 Å². The highest BCUT2D eigenvalue weighted by atomic mass is 16.7. The van der Waals surface area contributed by atoms with Crippen LogP contribution in [0.25, 0.3) is 0 Å². The summed E-state index contributed by atoms with van der Waals surface area (Å²) in [7, 11) is 3.60. The van der Waals surface area contributed by atoms with Crippen LogP contribution in [0.4, 0.5) is 0 Å². The predicted molar refractivity (Wildman–Crippen MR) is 220 cm³/mol. The molecule has 3 heterocycles. The first kappa shape index (κ1) is 46.2. The zero-order valence-electron chi connectivity index (χ0n) is 35.5. The van der Waals surface area contributed by atoms with Crippen molar-refractivity contribution >= 4 is 11.8 Å². The van der Waals surface area contributed by atoms with Gasteiger partial charge >= 0.3 is 5.97 Å². The number of hydrogen-bond donors (Lipinski definition) is 3. The van der Waals surface area contributed by atoms with Crippen molar-refractivity contribution in [1.29, 1.82) is 0 Å². The number of rotatable bonds is 12. The van der Waals surface area contributed by atoms with Gasteiger partial charge in [0.05, 0.1) is 36.9 Å². The third-order valence-corrected chi connectivity index (χ3v) is 12.4. The number of ketones is 1. The standard InChI is InChI=1S/C45H73N3O8/c1-9-39-36(29-47(10-2)28-34-17-13-11-14-18-34)25-30(3)19-20-37(49)31(4)26-35(21-24-48-22-15-12-16-23-48)44(32(5)38(50)27-40(51)55-39)56-45-43(53)41(46(7)8)42(52)33(6)54-45/h11,13-14,17-20,25,31-33,35-36,38-39,41-45,50,52-53H,9-10,12,15-16,21-24,26-29H2,1-8H3/b20-19+,30-25+/t31-,32+,33-,35+,36-,38-,39-,41+,42-,43-,44-,45+/m1/s1. The quantitative estimate of drug-likeness (QED) is 0.241. The number of allylic oxidation sites excluding steroid dienone is 3. The molecule has 3 aliphatic rings. The zero-order chi connectivity index (χ0) is 40.9. The summed E-state index contributed by atoms with van der Waals surface area (Å²) < 4.78 is 19.2. The Morgan fingerprint density at radius 1 is 0.946 bits per heavy atom. The largest absolute Gasteiger partial charge is 0.462 e. The molecule has 0 amide bonds. The number of likely N-dealkylation sites (N-methyl/N-ethyl adjacent to an activating group) is 1. The fraction of sp³-hybridized carbons (Fsp3) is 0.733. The van der Waals surface area contributed by atoms with Crippen molar-refractivity contribution < 1.29 is 39.1 Å². The number of nitrogens with zero attached hydrogens (tertiary/aromatic N) is 3. The van der Waals surface area contributed by atoms with Gasteiger partial charge in [-0.1, -0.05) is 82.2 Å². The average Bonchev–Trinajstić information content (AvgIpc) is 3.18. The second kappa shape index (κ2) is 22.6. The first-order chi connectivity index (χ1) is 26.7. The molecular formula is C45H73N3O8. The molecule has 3 aliphatic heterocycles. The van der Waals surface area contributed by atoms with Gasteiger partial charge in [-0.2, -0.15) is 0 Å². The minimum atomic E-state index is -1.18. The second-order valence-electron chi connectivity index (χ2n) is 17.0. The highest BCUT2D eigenvalue weighted by molar-refractivity contribution is 5.91. The van der Waals surface area contributed by atoms with Crippen LogP contribution >= 0.6 is 0 Å². The molecule has 0 radical (unpaired) electrons. The maximum atomic E-state index is 13.9. The number of aliphatic hydroxyl groups is 3. The summed E-state index contributed by atoms with van der Waals surface area (Å²) in [4.78, 5) is 34.2. The Hall–Kier alpha value is -2.48. The number of ether oxygens (including phenoxy) is 3. The lowest BCUT2D eigenvalue weighted by molar-refractivity contribution is -0.304. The van der Waals surface area contributed by atoms with E-state index in [0.717, 1.165) is 51.1 Å². The van der Waals surface area contributed by atoms with Crippen LogP contribution in [0.2, 0.25) is 0 Å². The van der Waals surface area contributed by atoms with E-state index < -0.39 is 60.8 Å². The van der Waals surface area contributed by atoms with E-state index in [2.05, 4.69) is 34.9 Å². The Kier molecular flexibility index (Phi) is 18.7. The van der Waals surface area contributed by atoms with Crippen molar-refractivity contribution in [3.63, 3.8) is 0 Å². The summed E-state index contributed by atoms with van der Waals surface area (Å²) in [5.74, 6) is -1.79. The summed E-state index contributed by atoms with van der Waals surface area (Å²) in [5.41, 5.74) is 2.12. The summed E-state index contributed by atoms with van der Waals surface area (Å²) >= 11 is 0. The van der Waals surface area contributed by atoms with Crippen LogP contribution in [0.3, 0.4) is 0 Å². The molecule has 11 nitrogen and oxygen atoms in total. The Morgan fingerprint density at radius 2 is 1.64 bits per heavy atom. The number of carbonyl (C=O) groups excluding carboxylic acids is 2. The van der Waals surface area contributed by atoms with Crippen molar-refractivity contribution in [2.75, 3.05) is 46.8 Å². The fourth-order valence-corrected chi connectivity index (χ4v) is 8.83. The lowest BCUT2D eigenvalue weighted by atomic mass is 9.79. The van der Waals surface area contributed by atoms with Gasteiger partial charge in [0.1, 0.15) is 12.2 Å². The first-order valence-electron chi connectivity index (χ1n) is 21.3. The van der Waals surface area contributed by atoms with E-state index in [1.807, 2.05) is 52.0 Å². The molecule has 56 heavy (non-hydrogen) atoms. The molecule has 12 atom stereocenters. The lowest BCUT2D eigenvalue weighted by Crippen LogP contribution is -2.63. The number of likely N-dealkylation sites (tertiary alicyclic amines) is 1. The van der Waals surface area contributed by atoms with Gasteiger partial charge in [0.2, 0.25) is 0 Å². The van der Waals surface area contributed by atoms with E-state index in [1.165, 1.54) is 12.0 Å². The Morgan fingerprint density at radius 3 is 2.29 bits per heavy atom. The van der Waals surface area contributed by atoms with Gasteiger partial charge in [-0.3, -0.25) is 14.5 Å². The van der Waals surface area contributed by atoms with Crippen LogP contribution in [0.15, 0.2) is 54.1 Å². The number of carbonyl (C=O) groups is 2. The number of esters is 1. The summed E-state index contributed by atoms with van der Waals surface area (Å²) in [6.45, 7) is 16.7. The molecule has 0 aromatic heterocycles. The van der Waals surface area contributed by atoms with E-state index in [1.54, 1.807) is 32.0 Å². The minimum Gasteiger partial charge on any atom is -0.462 e. The smallest absolute Gasteiger partial charge is 0.308 e. The monoisotopic (exact) mass is 784 g/mol. The Labute approximate surface area is 337 Å². The van der Waals surface area contributed by atoms with Crippen LogP contribution in [0.1, 0.15) is 92.1 Å². The molecule has 1 aromatic rings. The first-order valence-corrected chi connectivity index (χ1v) is 21.3. The lowest BCUT2D eigenvalue weighted by Gasteiger charge is -2.47. The fourth-order valence-electron chi connectivity index (χ4n) is 8.83. The van der Waals surface area contributed by atoms with E-state index in [0.29, 0.717) is 25.8 Å². The number of benzene rings is 1. The number of piperidine rings is 1. The predicted octanol–water partition coefficient (Wildman–Crippen LogP) is 5.22. The molecule has 4 rings (SSSR count). The van der Waals surface area contributed by atoms with Gasteiger partial charge in [-0.25, -0.2) is 0 Å². The van der Waals surface area contributed by atoms with Crippen molar-refractivity contribution in [2.24, 2.45) is 23.7 Å². The molecule has 3 N–H and O–H groups in total. The van der Waals surface area contributed by atoms with Crippen LogP contribution in [-0.2, 0) is 30.3 Å². The number of cyclic esters (lactones) is 1. The van der Waals surface area contributed by atoms with Crippen molar-refractivity contribution in [1.82, 2.24) is 14.7 Å². The van der Waals surface area contributed by atoms with Gasteiger partial charge in [0, 0.05) is 30.8 Å². The molecule has 0 saturated carbocycles. The van der Waals surface area contributed by atoms with Crippen molar-refractivity contribution in [3.8, 4) is 0 Å². The van der Waals surface area contributed by atoms with Crippen molar-refractivity contribution in [2.45, 2.75) is 142 Å². The van der Waals surface area contributed by atoms with Gasteiger partial charge in [-0.15, -0.1) is 0 Å². The molecular weight excluding hydrogens is 711 g/mol. The maximum absolute atomic E-state index is 13.9. The average molecular weight is 784 g/mol. The molecule has 0 unspecified atom stereocenters. The molecule has 2 fully saturated rings. The van der Waals surface area contributed by atoms with E-state index >= 15 is 0 Å². The third-order valence-electron chi connectivity index (χ3n) is 12.4. The highest BCUT2D eigenvalue weighted by Crippen LogP contribution is 2.35. The van der Waals surface area contributed by atoms with E-state index in [-0.39, 0.29) is 30.0 Å². The number of hydrogen-bond acceptors (Lipinski definition) is 11. The summed E-state index contributed by atoms with van der Waals surface area (Å²) in [5, 5.41) is 34.4. The summed E-state index contributed by atoms with van der Waals surface area (Å²) in [6.07, 6.45) is 4.58. The topological polar surface area (TPSA) is 132 Å². The Bertz CT molecular complexity index is 1400. The minimum absolute atomic E-state index is 0.00687. The summed E-state index contributed by atoms with van der Waals surface area (Å²) in [6, 6.07) is 9.65. The van der Waals surface area contributed by atoms with E-state index in [4.69, 9.17) is 14.2 Å². The van der Waals surface area contributed by atoms with Gasteiger partial charge in [0.25, 0.3) is 0 Å². The normalized spacial score (nSPS) is 36.3. The maximum Gasteiger partial charge on any atom is 0.308 e. The molecule has 0 spiro atoms. The van der Waals surface area contributed by atoms with Gasteiger partial charge in [0.15, 0.2) is 12.1 Å². The SMILES string of the molecule is CC[C@H]1OC(=O)C[C@@H](O)[C@H](C)[C@@H](O[C@@H]2O[C@H](C)[C@@H](O)[C@H](N(C)C)[C@H]2O)[C@@H](CCN2CCCCC2)C[C@@H](C)C(=O)/C=C/C(C)=C/[C@@H]1CN(CC)Cc1ccccc1. The molecule has 2 saturated heterocycles. The van der Waals surface area contributed by atoms with Crippen LogP contribution in [0.5, 0.6) is 0 Å². The van der Waals surface area contributed by atoms with Crippen LogP contribution in [0, 0.1) is 23.7 Å². The molecule has 316 valence electrons. The second-order valence-corrected chi connectivity index (χ2v) is 17.0. The molecule has 1 aromatic carbocycles.